The molecule has 2 unspecified atom stereocenters. The molecule has 0 fully saturated rings. The summed E-state index contributed by atoms with van der Waals surface area (Å²) in [5.74, 6) is -80.0. The predicted octanol–water partition coefficient (Wildman–Crippen LogP) is 12.9. The summed E-state index contributed by atoms with van der Waals surface area (Å²) in [6.07, 6.45) is -15.0. The van der Waals surface area contributed by atoms with E-state index in [1.165, 1.54) is 0 Å². The van der Waals surface area contributed by atoms with Crippen molar-refractivity contribution in [2.45, 2.75) is 83.4 Å². The predicted molar refractivity (Wildman–Crippen MR) is 134 cm³/mol. The molecule has 0 radical (unpaired) electrons. The highest BCUT2D eigenvalue weighted by Gasteiger charge is 2.92. The van der Waals surface area contributed by atoms with Gasteiger partial charge in [0.2, 0.25) is 0 Å². The van der Waals surface area contributed by atoms with E-state index >= 15 is 0 Å². The van der Waals surface area contributed by atoms with Gasteiger partial charge >= 0.3 is 71.6 Å². The molecule has 0 N–H and O–H groups in total. The summed E-state index contributed by atoms with van der Waals surface area (Å²) in [5, 5.41) is 0. The maximum atomic E-state index is 14.8. The lowest BCUT2D eigenvalue weighted by molar-refractivity contribution is -0.441. The molecule has 2 aromatic rings. The molecule has 56 heavy (non-hydrogen) atoms. The number of alkyl halides is 26. The third kappa shape index (κ3) is 4.96. The average Bonchev–Trinajstić information content (AvgIpc) is 3.03. The SMILES string of the molecule is FC(F)(F)C(F)(F)C(F)(F)C(F)(F)C(F)(F)C(F)(F)C1=CC2c3cc4c(cc3C2C=C1)-c1cc(C(F)(F)C(F)(F)C(F)(F)C(F)(F)C(F)(F)C(F)(F)F)ccc1-4. The topological polar surface area (TPSA) is 0 Å². The quantitative estimate of drug-likeness (QED) is 0.178. The third-order valence-corrected chi connectivity index (χ3v) is 9.36. The van der Waals surface area contributed by atoms with Crippen LogP contribution in [0.15, 0.2) is 54.1 Å². The molecule has 5 rings (SSSR count). The summed E-state index contributed by atoms with van der Waals surface area (Å²) >= 11 is 0. The van der Waals surface area contributed by atoms with Crippen LogP contribution in [0.25, 0.3) is 22.3 Å². The smallest absolute Gasteiger partial charge is 0.194 e. The van der Waals surface area contributed by atoms with Crippen molar-refractivity contribution in [3.05, 3.63) is 70.8 Å². The maximum Gasteiger partial charge on any atom is 0.460 e. The van der Waals surface area contributed by atoms with Crippen LogP contribution in [0, 0.1) is 0 Å². The van der Waals surface area contributed by atoms with E-state index in [-0.39, 0.29) is 52.1 Å². The summed E-state index contributed by atoms with van der Waals surface area (Å²) in [4.78, 5) is 0. The van der Waals surface area contributed by atoms with E-state index in [1.807, 2.05) is 0 Å². The van der Waals surface area contributed by atoms with E-state index in [4.69, 9.17) is 0 Å². The van der Waals surface area contributed by atoms with Crippen LogP contribution in [0.2, 0.25) is 0 Å². The van der Waals surface area contributed by atoms with Gasteiger partial charge in [-0.15, -0.1) is 0 Å². The van der Waals surface area contributed by atoms with E-state index < -0.39 is 100 Å². The summed E-state index contributed by atoms with van der Waals surface area (Å²) in [7, 11) is 0. The highest BCUT2D eigenvalue weighted by atomic mass is 19.4. The molecule has 2 atom stereocenters. The van der Waals surface area contributed by atoms with Gasteiger partial charge in [-0.1, -0.05) is 30.4 Å². The molecule has 0 saturated carbocycles. The first kappa shape index (κ1) is 43.2. The average molecular weight is 864 g/mol. The maximum absolute atomic E-state index is 14.8. The molecule has 3 aliphatic rings. The molecule has 0 heterocycles. The Morgan fingerprint density at radius 1 is 0.339 bits per heavy atom. The van der Waals surface area contributed by atoms with Gasteiger partial charge in [-0.3, -0.25) is 0 Å². The molecule has 0 bridgehead atoms. The Morgan fingerprint density at radius 3 is 1.12 bits per heavy atom. The van der Waals surface area contributed by atoms with Crippen LogP contribution in [0.5, 0.6) is 0 Å². The Labute approximate surface area is 291 Å². The minimum absolute atomic E-state index is 0.00695. The number of hydrogen-bond donors (Lipinski definition) is 0. The van der Waals surface area contributed by atoms with Crippen LogP contribution >= 0.6 is 0 Å². The lowest BCUT2D eigenvalue weighted by atomic mass is 9.62. The highest BCUT2D eigenvalue weighted by Crippen LogP contribution is 2.65. The van der Waals surface area contributed by atoms with Crippen LogP contribution in [0.1, 0.15) is 28.5 Å². The van der Waals surface area contributed by atoms with Crippen molar-refractivity contribution in [3.63, 3.8) is 0 Å². The van der Waals surface area contributed by atoms with Crippen molar-refractivity contribution in [2.75, 3.05) is 0 Å². The van der Waals surface area contributed by atoms with Crippen LogP contribution in [0.4, 0.5) is 114 Å². The monoisotopic (exact) mass is 864 g/mol. The minimum atomic E-state index is -8.17. The van der Waals surface area contributed by atoms with Gasteiger partial charge in [0.05, 0.1) is 0 Å². The first-order valence-electron chi connectivity index (χ1n) is 14.3. The Morgan fingerprint density at radius 2 is 0.696 bits per heavy atom. The fourth-order valence-electron chi connectivity index (χ4n) is 6.07. The van der Waals surface area contributed by atoms with Crippen molar-refractivity contribution in [2.24, 2.45) is 0 Å². The molecule has 0 spiro atoms. The molecule has 0 aliphatic heterocycles. The van der Waals surface area contributed by atoms with Gasteiger partial charge < -0.3 is 0 Å². The van der Waals surface area contributed by atoms with Gasteiger partial charge in [-0.25, -0.2) is 0 Å². The van der Waals surface area contributed by atoms with Gasteiger partial charge in [-0.2, -0.15) is 114 Å². The zero-order chi connectivity index (χ0) is 43.4. The molecule has 26 heteroatoms. The Kier molecular flexibility index (Phi) is 8.79. The second-order valence-corrected chi connectivity index (χ2v) is 12.6. The van der Waals surface area contributed by atoms with Crippen molar-refractivity contribution < 1.29 is 114 Å². The standard InChI is InChI=1S/C30H10F26/c31-19(32,21(35,36)23(39,40)25(43,44)27(47,48)29(51,52)53)9-1-3-11-13(5-9)17-8-16-12-4-2-10(6-14(12)18(16)7-15(11)17)20(33,34)22(37,38)24(41,42)26(45,46)28(49,50)30(54,55)56/h1-8,11,13H. The van der Waals surface area contributed by atoms with Gasteiger partial charge in [0, 0.05) is 23.0 Å². The molecule has 0 aromatic heterocycles. The zero-order valence-corrected chi connectivity index (χ0v) is 25.6. The number of rotatable bonds is 10. The van der Waals surface area contributed by atoms with E-state index in [9.17, 15) is 114 Å². The number of allylic oxidation sites excluding steroid dienone is 4. The molecular formula is C30H10F26. The summed E-state index contributed by atoms with van der Waals surface area (Å²) in [6.45, 7) is 0. The number of hydrogen-bond acceptors (Lipinski definition) is 0. The molecule has 2 aromatic carbocycles. The molecule has 312 valence electrons. The van der Waals surface area contributed by atoms with E-state index in [2.05, 4.69) is 0 Å². The zero-order valence-electron chi connectivity index (χ0n) is 25.6. The Hall–Kier alpha value is -3.90. The number of fused-ring (bicyclic) bond motifs is 8. The lowest BCUT2D eigenvalue weighted by Gasteiger charge is -2.44. The van der Waals surface area contributed by atoms with E-state index in [0.717, 1.165) is 12.1 Å². The fourth-order valence-corrected chi connectivity index (χ4v) is 6.07. The fraction of sp³-hybridized carbons (Fsp3) is 0.467. The molecule has 3 aliphatic carbocycles. The van der Waals surface area contributed by atoms with Crippen LogP contribution in [-0.2, 0) is 5.92 Å². The van der Waals surface area contributed by atoms with Crippen molar-refractivity contribution in [1.82, 2.24) is 0 Å². The van der Waals surface area contributed by atoms with Crippen molar-refractivity contribution >= 4 is 0 Å². The van der Waals surface area contributed by atoms with Crippen LogP contribution in [-0.4, -0.2) is 65.7 Å². The lowest BCUT2D eigenvalue weighted by Crippen LogP contribution is -2.70. The van der Waals surface area contributed by atoms with Crippen molar-refractivity contribution in [3.8, 4) is 22.3 Å². The summed E-state index contributed by atoms with van der Waals surface area (Å²) in [6, 6.07) is 1.85. The molecule has 0 saturated heterocycles. The van der Waals surface area contributed by atoms with Gasteiger partial charge in [-0.05, 0) is 51.6 Å². The number of benzene rings is 2. The largest absolute Gasteiger partial charge is 0.460 e. The molecule has 0 nitrogen and oxygen atoms in total. The van der Waals surface area contributed by atoms with E-state index in [0.29, 0.717) is 12.1 Å². The Balaban J connectivity index is 1.46. The minimum Gasteiger partial charge on any atom is -0.194 e. The highest BCUT2D eigenvalue weighted by molar-refractivity contribution is 6.03. The molecular weight excluding hydrogens is 854 g/mol. The Bertz CT molecular complexity index is 2010. The van der Waals surface area contributed by atoms with Crippen LogP contribution < -0.4 is 0 Å². The first-order chi connectivity index (χ1) is 24.6. The first-order valence-corrected chi connectivity index (χ1v) is 14.3. The van der Waals surface area contributed by atoms with Gasteiger partial charge in [0.25, 0.3) is 0 Å². The number of halogens is 26. The third-order valence-electron chi connectivity index (χ3n) is 9.36. The molecule has 0 amide bonds. The second kappa shape index (κ2) is 11.4. The normalized spacial score (nSPS) is 20.0. The van der Waals surface area contributed by atoms with Gasteiger partial charge in [0.15, 0.2) is 0 Å². The summed E-state index contributed by atoms with van der Waals surface area (Å²) < 4.78 is 355. The van der Waals surface area contributed by atoms with Crippen molar-refractivity contribution in [1.29, 1.82) is 0 Å². The summed E-state index contributed by atoms with van der Waals surface area (Å²) in [5.41, 5.74) is -6.60. The van der Waals surface area contributed by atoms with Crippen LogP contribution in [0.3, 0.4) is 0 Å². The van der Waals surface area contributed by atoms with Gasteiger partial charge in [0.1, 0.15) is 0 Å². The van der Waals surface area contributed by atoms with E-state index in [1.54, 1.807) is 0 Å². The second-order valence-electron chi connectivity index (χ2n) is 12.6.